The molecule has 1 aliphatic heterocycles. The fourth-order valence-corrected chi connectivity index (χ4v) is 2.49. The Kier molecular flexibility index (Phi) is 4.38. The topological polar surface area (TPSA) is 18.5 Å². The molecule has 0 spiro atoms. The van der Waals surface area contributed by atoms with Crippen LogP contribution < -0.4 is 0 Å². The van der Waals surface area contributed by atoms with E-state index in [1.54, 1.807) is 0 Å². The lowest BCUT2D eigenvalue weighted by atomic mass is 10.2. The van der Waals surface area contributed by atoms with Gasteiger partial charge in [-0.15, -0.1) is 0 Å². The van der Waals surface area contributed by atoms with E-state index in [1.807, 2.05) is 0 Å². The van der Waals surface area contributed by atoms with Gasteiger partial charge in [-0.3, -0.25) is 0 Å². The summed E-state index contributed by atoms with van der Waals surface area (Å²) in [7, 11) is -1.61. The Balaban J connectivity index is 2.43. The van der Waals surface area contributed by atoms with E-state index in [4.69, 9.17) is 9.16 Å². The monoisotopic (exact) mass is 242 g/mol. The van der Waals surface area contributed by atoms with Crippen molar-refractivity contribution in [3.05, 3.63) is 12.2 Å². The maximum atomic E-state index is 6.16. The Bertz CT molecular complexity index is 253. The highest BCUT2D eigenvalue weighted by Crippen LogP contribution is 2.36. The van der Waals surface area contributed by atoms with Crippen LogP contribution in [0.3, 0.4) is 0 Å². The van der Waals surface area contributed by atoms with Crippen molar-refractivity contribution in [1.29, 1.82) is 0 Å². The van der Waals surface area contributed by atoms with Crippen LogP contribution in [0.15, 0.2) is 12.2 Å². The third-order valence-corrected chi connectivity index (χ3v) is 8.15. The smallest absolute Gasteiger partial charge is 0.192 e. The highest BCUT2D eigenvalue weighted by Gasteiger charge is 2.37. The fraction of sp³-hybridized carbons (Fsp3) is 0.846. The molecule has 0 saturated heterocycles. The molecular weight excluding hydrogens is 216 g/mol. The first-order valence-corrected chi connectivity index (χ1v) is 9.09. The van der Waals surface area contributed by atoms with Gasteiger partial charge in [0.25, 0.3) is 0 Å². The van der Waals surface area contributed by atoms with Crippen LogP contribution in [0.5, 0.6) is 0 Å². The summed E-state index contributed by atoms with van der Waals surface area (Å²) in [5.74, 6) is 0. The third-order valence-electron chi connectivity index (χ3n) is 3.65. The van der Waals surface area contributed by atoms with Crippen molar-refractivity contribution in [2.45, 2.75) is 64.5 Å². The van der Waals surface area contributed by atoms with E-state index < -0.39 is 8.32 Å². The molecule has 0 aromatic carbocycles. The molecule has 0 bridgehead atoms. The van der Waals surface area contributed by atoms with E-state index in [-0.39, 0.29) is 17.2 Å². The van der Waals surface area contributed by atoms with Gasteiger partial charge in [-0.25, -0.2) is 0 Å². The van der Waals surface area contributed by atoms with E-state index in [1.165, 1.54) is 0 Å². The normalized spacial score (nSPS) is 27.1. The molecule has 0 aliphatic carbocycles. The summed E-state index contributed by atoms with van der Waals surface area (Å²) in [6.45, 7) is 14.2. The summed E-state index contributed by atoms with van der Waals surface area (Å²) in [5.41, 5.74) is 0. The van der Waals surface area contributed by atoms with Crippen molar-refractivity contribution in [1.82, 2.24) is 0 Å². The predicted octanol–water partition coefficient (Wildman–Crippen LogP) is 3.74. The van der Waals surface area contributed by atoms with E-state index >= 15 is 0 Å². The number of ether oxygens (including phenoxy) is 1. The van der Waals surface area contributed by atoms with Gasteiger partial charge < -0.3 is 9.16 Å². The van der Waals surface area contributed by atoms with Gasteiger partial charge in [0.15, 0.2) is 8.32 Å². The van der Waals surface area contributed by atoms with Crippen molar-refractivity contribution >= 4 is 8.32 Å². The highest BCUT2D eigenvalue weighted by atomic mass is 28.4. The molecule has 1 rings (SSSR count). The second kappa shape index (κ2) is 5.03. The minimum absolute atomic E-state index is 0.238. The van der Waals surface area contributed by atoms with Gasteiger partial charge in [0.1, 0.15) is 0 Å². The SMILES string of the molecule is C[C@H]1C=CC[C@H](CO[Si](C)(C)C(C)(C)C)O1. The minimum atomic E-state index is -1.61. The van der Waals surface area contributed by atoms with Crippen molar-refractivity contribution < 1.29 is 9.16 Å². The minimum Gasteiger partial charge on any atom is -0.414 e. The summed E-state index contributed by atoms with van der Waals surface area (Å²) >= 11 is 0. The van der Waals surface area contributed by atoms with Crippen LogP contribution in [0.4, 0.5) is 0 Å². The first-order valence-electron chi connectivity index (χ1n) is 6.18. The van der Waals surface area contributed by atoms with Gasteiger partial charge in [0, 0.05) is 0 Å². The number of rotatable bonds is 3. The van der Waals surface area contributed by atoms with Crippen molar-refractivity contribution in [3.63, 3.8) is 0 Å². The van der Waals surface area contributed by atoms with Gasteiger partial charge in [-0.1, -0.05) is 32.9 Å². The number of hydrogen-bond donors (Lipinski definition) is 0. The second-order valence-corrected chi connectivity index (χ2v) is 11.0. The summed E-state index contributed by atoms with van der Waals surface area (Å²) < 4.78 is 12.0. The molecule has 0 aromatic heterocycles. The molecular formula is C13H26O2Si. The van der Waals surface area contributed by atoms with Crippen molar-refractivity contribution in [2.24, 2.45) is 0 Å². The maximum Gasteiger partial charge on any atom is 0.192 e. The molecule has 1 aliphatic rings. The lowest BCUT2D eigenvalue weighted by molar-refractivity contribution is -0.0134. The van der Waals surface area contributed by atoms with E-state index in [9.17, 15) is 0 Å². The predicted molar refractivity (Wildman–Crippen MR) is 71.2 cm³/mol. The zero-order valence-corrected chi connectivity index (χ0v) is 12.5. The molecule has 0 aromatic rings. The molecule has 0 amide bonds. The molecule has 1 heterocycles. The zero-order chi connectivity index (χ0) is 12.4. The van der Waals surface area contributed by atoms with Crippen LogP contribution in [-0.2, 0) is 9.16 Å². The average molecular weight is 242 g/mol. The number of hydrogen-bond acceptors (Lipinski definition) is 2. The summed E-state index contributed by atoms with van der Waals surface area (Å²) in [6.07, 6.45) is 5.78. The Morgan fingerprint density at radius 1 is 1.38 bits per heavy atom. The molecule has 16 heavy (non-hydrogen) atoms. The summed E-state index contributed by atoms with van der Waals surface area (Å²) in [5, 5.41) is 0.281. The average Bonchev–Trinajstić information content (AvgIpc) is 2.13. The van der Waals surface area contributed by atoms with Crippen LogP contribution in [0.25, 0.3) is 0 Å². The summed E-state index contributed by atoms with van der Waals surface area (Å²) in [6, 6.07) is 0. The standard InChI is InChI=1S/C13H26O2Si/c1-11-8-7-9-12(15-11)10-14-16(5,6)13(2,3)4/h7-8,11-12H,9-10H2,1-6H3/t11-,12+/m0/s1. The van der Waals surface area contributed by atoms with Crippen LogP contribution in [0.1, 0.15) is 34.1 Å². The molecule has 2 nitrogen and oxygen atoms in total. The van der Waals surface area contributed by atoms with Gasteiger partial charge in [0.05, 0.1) is 18.8 Å². The Morgan fingerprint density at radius 3 is 2.50 bits per heavy atom. The molecule has 2 atom stereocenters. The van der Waals surface area contributed by atoms with Crippen LogP contribution in [0, 0.1) is 0 Å². The molecule has 0 fully saturated rings. The van der Waals surface area contributed by atoms with Crippen molar-refractivity contribution in [2.75, 3.05) is 6.61 Å². The fourth-order valence-electron chi connectivity index (χ4n) is 1.45. The maximum absolute atomic E-state index is 6.16. The molecule has 94 valence electrons. The highest BCUT2D eigenvalue weighted by molar-refractivity contribution is 6.74. The Labute approximate surface area is 101 Å². The van der Waals surface area contributed by atoms with Gasteiger partial charge >= 0.3 is 0 Å². The van der Waals surface area contributed by atoms with Gasteiger partial charge in [-0.05, 0) is 31.5 Å². The first-order chi connectivity index (χ1) is 7.22. The molecule has 0 saturated carbocycles. The van der Waals surface area contributed by atoms with E-state index in [2.05, 4.69) is 52.9 Å². The molecule has 0 N–H and O–H groups in total. The van der Waals surface area contributed by atoms with Crippen LogP contribution in [-0.4, -0.2) is 27.1 Å². The lowest BCUT2D eigenvalue weighted by Crippen LogP contribution is -2.43. The third kappa shape index (κ3) is 3.72. The molecule has 0 radical (unpaired) electrons. The zero-order valence-electron chi connectivity index (χ0n) is 11.5. The first kappa shape index (κ1) is 13.9. The van der Waals surface area contributed by atoms with Gasteiger partial charge in [-0.2, -0.15) is 0 Å². The van der Waals surface area contributed by atoms with E-state index in [0.29, 0.717) is 0 Å². The summed E-state index contributed by atoms with van der Waals surface area (Å²) in [4.78, 5) is 0. The molecule has 3 heteroatoms. The van der Waals surface area contributed by atoms with Crippen LogP contribution >= 0.6 is 0 Å². The Morgan fingerprint density at radius 2 is 2.00 bits per heavy atom. The van der Waals surface area contributed by atoms with Crippen LogP contribution in [0.2, 0.25) is 18.1 Å². The Hall–Kier alpha value is -0.123. The largest absolute Gasteiger partial charge is 0.414 e. The van der Waals surface area contributed by atoms with Gasteiger partial charge in [0.2, 0.25) is 0 Å². The quantitative estimate of drug-likeness (QED) is 0.554. The van der Waals surface area contributed by atoms with E-state index in [0.717, 1.165) is 13.0 Å². The lowest BCUT2D eigenvalue weighted by Gasteiger charge is -2.37. The second-order valence-electron chi connectivity index (χ2n) is 6.20. The molecule has 0 unspecified atom stereocenters. The van der Waals surface area contributed by atoms with Crippen molar-refractivity contribution in [3.8, 4) is 0 Å².